The van der Waals surface area contributed by atoms with Gasteiger partial charge in [0.1, 0.15) is 11.5 Å². The molecule has 0 aliphatic carbocycles. The Kier molecular flexibility index (Phi) is 4.53. The standard InChI is InChI=1S/C23H22O2/c24-16-18(15-14-17-8-2-1-3-9-17)23-19-10-4-6-12-21(19)25-22-13-7-5-11-20(22)23/h1-13,18,23-24H,14-16H2/t18-/m0/s1. The molecule has 3 aromatic rings. The summed E-state index contributed by atoms with van der Waals surface area (Å²) in [4.78, 5) is 0. The molecule has 0 saturated heterocycles. The number of hydrogen-bond donors (Lipinski definition) is 1. The number of benzene rings is 3. The molecule has 25 heavy (non-hydrogen) atoms. The van der Waals surface area contributed by atoms with Crippen molar-refractivity contribution < 1.29 is 9.84 Å². The first kappa shape index (κ1) is 15.9. The van der Waals surface area contributed by atoms with Crippen LogP contribution in [0.5, 0.6) is 11.5 Å². The van der Waals surface area contributed by atoms with Gasteiger partial charge in [0, 0.05) is 23.7 Å². The van der Waals surface area contributed by atoms with Crippen molar-refractivity contribution in [3.05, 3.63) is 95.6 Å². The molecule has 1 aliphatic rings. The molecule has 3 aromatic carbocycles. The number of aliphatic hydroxyl groups is 1. The Morgan fingerprint density at radius 2 is 1.32 bits per heavy atom. The van der Waals surface area contributed by atoms with Crippen molar-refractivity contribution in [3.63, 3.8) is 0 Å². The van der Waals surface area contributed by atoms with Crippen molar-refractivity contribution in [1.82, 2.24) is 0 Å². The Hall–Kier alpha value is -2.58. The molecule has 0 fully saturated rings. The van der Waals surface area contributed by atoms with Gasteiger partial charge in [-0.3, -0.25) is 0 Å². The summed E-state index contributed by atoms with van der Waals surface area (Å²) in [5.74, 6) is 2.13. The van der Waals surface area contributed by atoms with E-state index < -0.39 is 0 Å². The van der Waals surface area contributed by atoms with E-state index in [2.05, 4.69) is 48.5 Å². The van der Waals surface area contributed by atoms with Gasteiger partial charge in [0.15, 0.2) is 0 Å². The third-order valence-corrected chi connectivity index (χ3v) is 5.08. The van der Waals surface area contributed by atoms with E-state index in [0.29, 0.717) is 0 Å². The summed E-state index contributed by atoms with van der Waals surface area (Å²) in [6.07, 6.45) is 1.90. The molecule has 4 rings (SSSR count). The monoisotopic (exact) mass is 330 g/mol. The first-order valence-electron chi connectivity index (χ1n) is 8.87. The first-order chi connectivity index (χ1) is 12.4. The number of rotatable bonds is 5. The fraction of sp³-hybridized carbons (Fsp3) is 0.217. The lowest BCUT2D eigenvalue weighted by atomic mass is 9.76. The molecule has 1 aliphatic heterocycles. The molecule has 0 radical (unpaired) electrons. The molecule has 2 nitrogen and oxygen atoms in total. The van der Waals surface area contributed by atoms with Gasteiger partial charge in [-0.2, -0.15) is 0 Å². The van der Waals surface area contributed by atoms with Crippen molar-refractivity contribution in [2.75, 3.05) is 6.61 Å². The van der Waals surface area contributed by atoms with Gasteiger partial charge in [0.05, 0.1) is 0 Å². The van der Waals surface area contributed by atoms with Crippen molar-refractivity contribution in [3.8, 4) is 11.5 Å². The highest BCUT2D eigenvalue weighted by atomic mass is 16.5. The molecule has 1 N–H and O–H groups in total. The van der Waals surface area contributed by atoms with E-state index in [1.165, 1.54) is 16.7 Å². The van der Waals surface area contributed by atoms with Gasteiger partial charge in [0.25, 0.3) is 0 Å². The minimum absolute atomic E-state index is 0.159. The van der Waals surface area contributed by atoms with Crippen LogP contribution in [-0.4, -0.2) is 11.7 Å². The molecular formula is C23H22O2. The molecule has 0 amide bonds. The molecule has 0 aromatic heterocycles. The maximum Gasteiger partial charge on any atom is 0.131 e. The zero-order valence-electron chi connectivity index (χ0n) is 14.1. The average Bonchev–Trinajstić information content (AvgIpc) is 2.68. The van der Waals surface area contributed by atoms with Crippen LogP contribution in [0.15, 0.2) is 78.9 Å². The summed E-state index contributed by atoms with van der Waals surface area (Å²) in [7, 11) is 0. The quantitative estimate of drug-likeness (QED) is 0.700. The van der Waals surface area contributed by atoms with Gasteiger partial charge < -0.3 is 9.84 Å². The largest absolute Gasteiger partial charge is 0.457 e. The number of ether oxygens (including phenoxy) is 1. The third kappa shape index (κ3) is 3.18. The lowest BCUT2D eigenvalue weighted by molar-refractivity contribution is 0.201. The van der Waals surface area contributed by atoms with Crippen LogP contribution in [0, 0.1) is 5.92 Å². The Morgan fingerprint density at radius 1 is 0.760 bits per heavy atom. The van der Waals surface area contributed by atoms with E-state index in [1.807, 2.05) is 30.3 Å². The predicted octanol–water partition coefficient (Wildman–Crippen LogP) is 5.17. The average molecular weight is 330 g/mol. The number of aliphatic hydroxyl groups excluding tert-OH is 1. The third-order valence-electron chi connectivity index (χ3n) is 5.08. The van der Waals surface area contributed by atoms with Crippen molar-refractivity contribution >= 4 is 0 Å². The van der Waals surface area contributed by atoms with E-state index in [0.717, 1.165) is 24.3 Å². The molecule has 126 valence electrons. The Bertz CT molecular complexity index is 796. The summed E-state index contributed by atoms with van der Waals surface area (Å²) in [5, 5.41) is 10.2. The normalized spacial score (nSPS) is 14.3. The fourth-order valence-electron chi connectivity index (χ4n) is 3.81. The number of hydrogen-bond acceptors (Lipinski definition) is 2. The topological polar surface area (TPSA) is 29.5 Å². The maximum atomic E-state index is 10.2. The van der Waals surface area contributed by atoms with Crippen LogP contribution in [0.3, 0.4) is 0 Å². The van der Waals surface area contributed by atoms with Crippen molar-refractivity contribution in [1.29, 1.82) is 0 Å². The van der Waals surface area contributed by atoms with Gasteiger partial charge in [0.2, 0.25) is 0 Å². The summed E-state index contributed by atoms with van der Waals surface area (Å²) < 4.78 is 6.08. The maximum absolute atomic E-state index is 10.2. The molecule has 1 heterocycles. The number of para-hydroxylation sites is 2. The lowest BCUT2D eigenvalue weighted by Gasteiger charge is -2.33. The molecule has 2 heteroatoms. The van der Waals surface area contributed by atoms with Crippen molar-refractivity contribution in [2.45, 2.75) is 18.8 Å². The van der Waals surface area contributed by atoms with Crippen LogP contribution in [0.2, 0.25) is 0 Å². The van der Waals surface area contributed by atoms with Gasteiger partial charge in [-0.15, -0.1) is 0 Å². The van der Waals surface area contributed by atoms with Gasteiger partial charge in [-0.1, -0.05) is 66.7 Å². The van der Waals surface area contributed by atoms with E-state index in [1.54, 1.807) is 0 Å². The lowest BCUT2D eigenvalue weighted by Crippen LogP contribution is -2.22. The number of aryl methyl sites for hydroxylation is 1. The summed E-state index contributed by atoms with van der Waals surface area (Å²) >= 11 is 0. The second kappa shape index (κ2) is 7.12. The van der Waals surface area contributed by atoms with E-state index >= 15 is 0 Å². The Labute approximate surface area is 148 Å². The van der Waals surface area contributed by atoms with E-state index in [-0.39, 0.29) is 18.4 Å². The van der Waals surface area contributed by atoms with Crippen LogP contribution in [0.1, 0.15) is 29.0 Å². The SMILES string of the molecule is OC[C@H](CCc1ccccc1)C1c2ccccc2Oc2ccccc21. The first-order valence-corrected chi connectivity index (χ1v) is 8.87. The summed E-state index contributed by atoms with van der Waals surface area (Å²) in [6, 6.07) is 26.9. The molecular weight excluding hydrogens is 308 g/mol. The van der Waals surface area contributed by atoms with Gasteiger partial charge in [-0.05, 0) is 36.5 Å². The summed E-state index contributed by atoms with van der Waals surface area (Å²) in [6.45, 7) is 0.167. The molecule has 0 spiro atoms. The zero-order valence-corrected chi connectivity index (χ0v) is 14.1. The highest BCUT2D eigenvalue weighted by molar-refractivity contribution is 5.53. The minimum Gasteiger partial charge on any atom is -0.457 e. The molecule has 0 saturated carbocycles. The van der Waals surface area contributed by atoms with Crippen LogP contribution >= 0.6 is 0 Å². The Balaban J connectivity index is 1.67. The second-order valence-electron chi connectivity index (χ2n) is 6.62. The minimum atomic E-state index is 0.159. The molecule has 1 atom stereocenters. The predicted molar refractivity (Wildman–Crippen MR) is 100 cm³/mol. The molecule has 0 unspecified atom stereocenters. The van der Waals surface area contributed by atoms with Crippen LogP contribution < -0.4 is 4.74 Å². The van der Waals surface area contributed by atoms with E-state index in [9.17, 15) is 5.11 Å². The second-order valence-corrected chi connectivity index (χ2v) is 6.62. The zero-order chi connectivity index (χ0) is 17.1. The van der Waals surface area contributed by atoms with Crippen LogP contribution in [0.4, 0.5) is 0 Å². The summed E-state index contributed by atoms with van der Waals surface area (Å²) in [5.41, 5.74) is 3.66. The van der Waals surface area contributed by atoms with Gasteiger partial charge in [-0.25, -0.2) is 0 Å². The van der Waals surface area contributed by atoms with Crippen LogP contribution in [-0.2, 0) is 6.42 Å². The fourth-order valence-corrected chi connectivity index (χ4v) is 3.81. The smallest absolute Gasteiger partial charge is 0.131 e. The highest BCUT2D eigenvalue weighted by Crippen LogP contribution is 2.48. The Morgan fingerprint density at radius 3 is 1.92 bits per heavy atom. The van der Waals surface area contributed by atoms with E-state index in [4.69, 9.17) is 4.74 Å². The van der Waals surface area contributed by atoms with Crippen LogP contribution in [0.25, 0.3) is 0 Å². The highest BCUT2D eigenvalue weighted by Gasteiger charge is 2.32. The van der Waals surface area contributed by atoms with Crippen molar-refractivity contribution in [2.24, 2.45) is 5.92 Å². The molecule has 0 bridgehead atoms. The van der Waals surface area contributed by atoms with Gasteiger partial charge >= 0.3 is 0 Å². The number of fused-ring (bicyclic) bond motifs is 2.